The van der Waals surface area contributed by atoms with Crippen molar-refractivity contribution in [2.75, 3.05) is 31.5 Å². The summed E-state index contributed by atoms with van der Waals surface area (Å²) in [5.41, 5.74) is 0.783. The molecule has 0 unspecified atom stereocenters. The minimum absolute atomic E-state index is 0.0886. The minimum Gasteiger partial charge on any atom is -0.480 e. The molecule has 0 saturated carbocycles. The average molecular weight is 385 g/mol. The molecule has 0 bridgehead atoms. The topological polar surface area (TPSA) is 98.7 Å². The number of aliphatic carboxylic acids is 1. The Balaban J connectivity index is 1.84. The quantitative estimate of drug-likeness (QED) is 0.782. The van der Waals surface area contributed by atoms with Crippen molar-refractivity contribution in [3.8, 4) is 0 Å². The monoisotopic (exact) mass is 385 g/mol. The van der Waals surface area contributed by atoms with Crippen LogP contribution in [0.1, 0.15) is 26.6 Å². The van der Waals surface area contributed by atoms with Crippen LogP contribution in [-0.2, 0) is 16.1 Å². The molecule has 1 aromatic carbocycles. The Morgan fingerprint density at radius 3 is 2.43 bits per heavy atom. The number of fused-ring (bicyclic) bond motifs is 1. The number of aromatic nitrogens is 2. The number of rotatable bonds is 6. The summed E-state index contributed by atoms with van der Waals surface area (Å²) in [6, 6.07) is 6.87. The van der Waals surface area contributed by atoms with E-state index in [4.69, 9.17) is 0 Å². The van der Waals surface area contributed by atoms with Gasteiger partial charge in [0.15, 0.2) is 0 Å². The summed E-state index contributed by atoms with van der Waals surface area (Å²) in [6.45, 7) is 8.81. The molecule has 8 heteroatoms. The summed E-state index contributed by atoms with van der Waals surface area (Å²) in [5, 5.41) is 13.4. The maximum atomic E-state index is 11.6. The molecule has 1 aromatic heterocycles. The van der Waals surface area contributed by atoms with Crippen LogP contribution >= 0.6 is 0 Å². The summed E-state index contributed by atoms with van der Waals surface area (Å²) < 4.78 is 0. The number of anilines is 1. The Labute approximate surface area is 164 Å². The van der Waals surface area contributed by atoms with Gasteiger partial charge in [-0.25, -0.2) is 14.8 Å². The predicted octanol–water partition coefficient (Wildman–Crippen LogP) is 1.81. The van der Waals surface area contributed by atoms with Crippen LogP contribution in [0.5, 0.6) is 0 Å². The Bertz CT molecular complexity index is 862. The van der Waals surface area contributed by atoms with Crippen LogP contribution in [0.25, 0.3) is 10.9 Å². The molecule has 0 spiro atoms. The maximum Gasteiger partial charge on any atom is 0.326 e. The molecule has 28 heavy (non-hydrogen) atoms. The fourth-order valence-corrected chi connectivity index (χ4v) is 3.39. The van der Waals surface area contributed by atoms with Crippen LogP contribution in [0.15, 0.2) is 24.3 Å². The van der Waals surface area contributed by atoms with Crippen molar-refractivity contribution in [1.82, 2.24) is 19.8 Å². The number of carboxylic acids is 1. The molecule has 0 radical (unpaired) electrons. The first kappa shape index (κ1) is 20.0. The van der Waals surface area contributed by atoms with E-state index in [1.807, 2.05) is 43.0 Å². The third-order valence-corrected chi connectivity index (χ3v) is 5.06. The molecule has 0 aliphatic carbocycles. The Morgan fingerprint density at radius 1 is 1.14 bits per heavy atom. The minimum atomic E-state index is -0.903. The number of nitrogens with one attached hydrogen (secondary N) is 1. The van der Waals surface area contributed by atoms with Gasteiger partial charge in [0, 0.05) is 38.5 Å². The highest BCUT2D eigenvalue weighted by Gasteiger charge is 2.24. The third-order valence-electron chi connectivity index (χ3n) is 5.06. The van der Waals surface area contributed by atoms with Crippen molar-refractivity contribution in [3.05, 3.63) is 30.1 Å². The summed E-state index contributed by atoms with van der Waals surface area (Å²) in [6.07, 6.45) is 0. The number of carbonyl (C=O) groups excluding carboxylic acids is 1. The average Bonchev–Trinajstić information content (AvgIpc) is 2.65. The van der Waals surface area contributed by atoms with Gasteiger partial charge < -0.3 is 15.3 Å². The molecule has 1 aliphatic rings. The molecule has 2 aromatic rings. The maximum absolute atomic E-state index is 11.6. The van der Waals surface area contributed by atoms with Crippen molar-refractivity contribution in [3.63, 3.8) is 0 Å². The molecular weight excluding hydrogens is 358 g/mol. The molecule has 2 heterocycles. The molecule has 1 fully saturated rings. The number of amides is 1. The van der Waals surface area contributed by atoms with E-state index in [9.17, 15) is 14.7 Å². The highest BCUT2D eigenvalue weighted by molar-refractivity contribution is 5.91. The first-order valence-electron chi connectivity index (χ1n) is 9.58. The van der Waals surface area contributed by atoms with Gasteiger partial charge in [0.2, 0.25) is 5.91 Å². The van der Waals surface area contributed by atoms with E-state index in [1.54, 1.807) is 6.92 Å². The molecule has 150 valence electrons. The highest BCUT2D eigenvalue weighted by atomic mass is 16.4. The number of carboxylic acid groups (broad SMARTS) is 1. The fraction of sp³-hybridized carbons (Fsp3) is 0.500. The number of piperazine rings is 1. The molecular formula is C20H27N5O3. The number of carbonyl (C=O) groups is 2. The van der Waals surface area contributed by atoms with Gasteiger partial charge in [-0.3, -0.25) is 9.69 Å². The standard InChI is InChI=1S/C20H27N5O3/c1-13(2)18(20(27)28)23-19-15-6-4-5-7-16(15)21-17(22-19)12-24-8-10-25(11-9-24)14(3)26/h4-7,13,18H,8-12H2,1-3H3,(H,27,28)(H,21,22,23)/t18-/m0/s1. The van der Waals surface area contributed by atoms with Gasteiger partial charge in [0.1, 0.15) is 17.7 Å². The zero-order valence-electron chi connectivity index (χ0n) is 16.6. The molecule has 1 saturated heterocycles. The smallest absolute Gasteiger partial charge is 0.326 e. The van der Waals surface area contributed by atoms with E-state index in [2.05, 4.69) is 20.2 Å². The van der Waals surface area contributed by atoms with Gasteiger partial charge in [-0.15, -0.1) is 0 Å². The Kier molecular flexibility index (Phi) is 6.08. The lowest BCUT2D eigenvalue weighted by molar-refractivity contribution is -0.138. The molecule has 2 N–H and O–H groups in total. The number of para-hydroxylation sites is 1. The first-order valence-corrected chi connectivity index (χ1v) is 9.58. The Hall–Kier alpha value is -2.74. The van der Waals surface area contributed by atoms with Crippen LogP contribution < -0.4 is 5.32 Å². The van der Waals surface area contributed by atoms with Crippen molar-refractivity contribution in [2.24, 2.45) is 5.92 Å². The molecule has 8 nitrogen and oxygen atoms in total. The fourth-order valence-electron chi connectivity index (χ4n) is 3.39. The summed E-state index contributed by atoms with van der Waals surface area (Å²) in [4.78, 5) is 36.5. The summed E-state index contributed by atoms with van der Waals surface area (Å²) in [7, 11) is 0. The van der Waals surface area contributed by atoms with Crippen LogP contribution in [0.2, 0.25) is 0 Å². The largest absolute Gasteiger partial charge is 0.480 e. The van der Waals surface area contributed by atoms with Crippen LogP contribution in [0, 0.1) is 5.92 Å². The van der Waals surface area contributed by atoms with E-state index in [0.29, 0.717) is 31.3 Å². The van der Waals surface area contributed by atoms with Gasteiger partial charge in [-0.05, 0) is 18.1 Å². The van der Waals surface area contributed by atoms with E-state index in [-0.39, 0.29) is 11.8 Å². The summed E-state index contributed by atoms with van der Waals surface area (Å²) >= 11 is 0. The van der Waals surface area contributed by atoms with E-state index in [1.165, 1.54) is 0 Å². The number of hydrogen-bond acceptors (Lipinski definition) is 6. The second-order valence-electron chi connectivity index (χ2n) is 7.49. The molecule has 1 aliphatic heterocycles. The van der Waals surface area contributed by atoms with Crippen LogP contribution in [0.3, 0.4) is 0 Å². The van der Waals surface area contributed by atoms with Crippen LogP contribution in [0.4, 0.5) is 5.82 Å². The van der Waals surface area contributed by atoms with Crippen molar-refractivity contribution < 1.29 is 14.7 Å². The van der Waals surface area contributed by atoms with Gasteiger partial charge in [-0.1, -0.05) is 26.0 Å². The molecule has 3 rings (SSSR count). The van der Waals surface area contributed by atoms with E-state index < -0.39 is 12.0 Å². The normalized spacial score (nSPS) is 16.4. The van der Waals surface area contributed by atoms with E-state index in [0.717, 1.165) is 24.0 Å². The first-order chi connectivity index (χ1) is 13.3. The second-order valence-corrected chi connectivity index (χ2v) is 7.49. The lowest BCUT2D eigenvalue weighted by Gasteiger charge is -2.33. The third kappa shape index (κ3) is 4.56. The number of nitrogens with zero attached hydrogens (tertiary/aromatic N) is 4. The zero-order chi connectivity index (χ0) is 20.3. The SMILES string of the molecule is CC(=O)N1CCN(Cc2nc(N[C@H](C(=O)O)C(C)C)c3ccccc3n2)CC1. The van der Waals surface area contributed by atoms with Crippen LogP contribution in [-0.4, -0.2) is 69.0 Å². The number of benzene rings is 1. The zero-order valence-corrected chi connectivity index (χ0v) is 16.6. The van der Waals surface area contributed by atoms with Gasteiger partial charge >= 0.3 is 5.97 Å². The van der Waals surface area contributed by atoms with Gasteiger partial charge in [0.25, 0.3) is 0 Å². The summed E-state index contributed by atoms with van der Waals surface area (Å²) in [5.74, 6) is 0.296. The number of hydrogen-bond donors (Lipinski definition) is 2. The lowest BCUT2D eigenvalue weighted by Crippen LogP contribution is -2.47. The Morgan fingerprint density at radius 2 is 1.82 bits per heavy atom. The van der Waals surface area contributed by atoms with E-state index >= 15 is 0 Å². The molecule has 1 atom stereocenters. The lowest BCUT2D eigenvalue weighted by atomic mass is 10.0. The predicted molar refractivity (Wildman–Crippen MR) is 107 cm³/mol. The van der Waals surface area contributed by atoms with Crippen molar-refractivity contribution in [1.29, 1.82) is 0 Å². The van der Waals surface area contributed by atoms with Gasteiger partial charge in [-0.2, -0.15) is 0 Å². The highest BCUT2D eigenvalue weighted by Crippen LogP contribution is 2.23. The second kappa shape index (κ2) is 8.52. The van der Waals surface area contributed by atoms with Crippen molar-refractivity contribution >= 4 is 28.6 Å². The van der Waals surface area contributed by atoms with Gasteiger partial charge in [0.05, 0.1) is 12.1 Å². The molecule has 1 amide bonds. The van der Waals surface area contributed by atoms with Crippen molar-refractivity contribution in [2.45, 2.75) is 33.4 Å².